The summed E-state index contributed by atoms with van der Waals surface area (Å²) in [6.07, 6.45) is 0. The second-order valence-corrected chi connectivity index (χ2v) is 5.34. The molecule has 0 spiro atoms. The summed E-state index contributed by atoms with van der Waals surface area (Å²) in [5.74, 6) is -0.871. The van der Waals surface area contributed by atoms with Crippen LogP contribution in [0.5, 0.6) is 0 Å². The van der Waals surface area contributed by atoms with Crippen molar-refractivity contribution in [1.82, 2.24) is 9.55 Å². The zero-order valence-corrected chi connectivity index (χ0v) is 11.5. The van der Waals surface area contributed by atoms with Gasteiger partial charge in [-0.2, -0.15) is 0 Å². The van der Waals surface area contributed by atoms with Gasteiger partial charge in [-0.25, -0.2) is 9.37 Å². The highest BCUT2D eigenvalue weighted by Crippen LogP contribution is 2.30. The van der Waals surface area contributed by atoms with E-state index in [0.29, 0.717) is 11.0 Å². The van der Waals surface area contributed by atoms with Crippen LogP contribution in [0.15, 0.2) is 16.6 Å². The summed E-state index contributed by atoms with van der Waals surface area (Å²) in [5.41, 5.74) is 11.0. The molecule has 4 N–H and O–H groups in total. The van der Waals surface area contributed by atoms with Gasteiger partial charge in [0.2, 0.25) is 11.9 Å². The first-order valence-electron chi connectivity index (χ1n) is 5.18. The number of hydrogen-bond donors (Lipinski definition) is 2. The Labute approximate surface area is 111 Å². The van der Waals surface area contributed by atoms with Crippen LogP contribution in [-0.4, -0.2) is 15.5 Å². The number of imidazole rings is 1. The Kier molecular flexibility index (Phi) is 2.81. The molecular weight excluding hydrogens is 303 g/mol. The highest BCUT2D eigenvalue weighted by molar-refractivity contribution is 9.10. The minimum Gasteiger partial charge on any atom is -0.369 e. The molecule has 2 aromatic rings. The molecule has 1 heterocycles. The van der Waals surface area contributed by atoms with Gasteiger partial charge in [-0.3, -0.25) is 9.36 Å². The predicted octanol–water partition coefficient (Wildman–Crippen LogP) is 1.74. The quantitative estimate of drug-likeness (QED) is 0.885. The number of carbonyl (C=O) groups is 1. The topological polar surface area (TPSA) is 86.9 Å². The molecule has 18 heavy (non-hydrogen) atoms. The first kappa shape index (κ1) is 12.8. The molecule has 0 radical (unpaired) electrons. The number of amides is 1. The Morgan fingerprint density at radius 2 is 2.11 bits per heavy atom. The second kappa shape index (κ2) is 3.94. The van der Waals surface area contributed by atoms with Gasteiger partial charge in [-0.05, 0) is 35.8 Å². The highest BCUT2D eigenvalue weighted by Gasteiger charge is 2.31. The van der Waals surface area contributed by atoms with E-state index >= 15 is 0 Å². The van der Waals surface area contributed by atoms with Gasteiger partial charge in [-0.15, -0.1) is 0 Å². The number of benzene rings is 1. The van der Waals surface area contributed by atoms with E-state index in [1.807, 2.05) is 0 Å². The van der Waals surface area contributed by atoms with Gasteiger partial charge in [0, 0.05) is 6.07 Å². The number of primary amides is 1. The van der Waals surface area contributed by atoms with Gasteiger partial charge in [0.05, 0.1) is 15.5 Å². The molecule has 0 unspecified atom stereocenters. The molecule has 0 aliphatic heterocycles. The summed E-state index contributed by atoms with van der Waals surface area (Å²) in [6, 6.07) is 2.78. The number of nitrogen functional groups attached to an aromatic ring is 1. The third-order valence-corrected chi connectivity index (χ3v) is 3.49. The van der Waals surface area contributed by atoms with Crippen molar-refractivity contribution in [2.24, 2.45) is 5.73 Å². The highest BCUT2D eigenvalue weighted by atomic mass is 79.9. The van der Waals surface area contributed by atoms with E-state index in [-0.39, 0.29) is 10.4 Å². The molecule has 0 atom stereocenters. The largest absolute Gasteiger partial charge is 0.369 e. The molecule has 7 heteroatoms. The first-order chi connectivity index (χ1) is 8.25. The van der Waals surface area contributed by atoms with Crippen LogP contribution in [0, 0.1) is 5.82 Å². The van der Waals surface area contributed by atoms with E-state index in [0.717, 1.165) is 0 Å². The first-order valence-corrected chi connectivity index (χ1v) is 5.98. The van der Waals surface area contributed by atoms with Crippen LogP contribution in [0.25, 0.3) is 11.0 Å². The maximum absolute atomic E-state index is 13.4. The van der Waals surface area contributed by atoms with Crippen LogP contribution in [0.2, 0.25) is 0 Å². The summed E-state index contributed by atoms with van der Waals surface area (Å²) in [7, 11) is 0. The Morgan fingerprint density at radius 3 is 2.67 bits per heavy atom. The molecule has 0 bridgehead atoms. The summed E-state index contributed by atoms with van der Waals surface area (Å²) in [5, 5.41) is 0. The lowest BCUT2D eigenvalue weighted by atomic mass is 10.0. The molecule has 0 fully saturated rings. The molecule has 0 aliphatic carbocycles. The average molecular weight is 315 g/mol. The van der Waals surface area contributed by atoms with Gasteiger partial charge in [0.1, 0.15) is 11.4 Å². The van der Waals surface area contributed by atoms with Crippen LogP contribution < -0.4 is 11.5 Å². The number of rotatable bonds is 2. The molecule has 0 saturated heterocycles. The van der Waals surface area contributed by atoms with Gasteiger partial charge >= 0.3 is 0 Å². The SMILES string of the molecule is CC(C)(C(N)=O)n1c(N)nc2cc(F)c(Br)cc21. The van der Waals surface area contributed by atoms with Gasteiger partial charge in [-0.1, -0.05) is 0 Å². The van der Waals surface area contributed by atoms with Crippen molar-refractivity contribution in [3.8, 4) is 0 Å². The summed E-state index contributed by atoms with van der Waals surface area (Å²) < 4.78 is 15.2. The van der Waals surface area contributed by atoms with E-state index in [2.05, 4.69) is 20.9 Å². The van der Waals surface area contributed by atoms with Gasteiger partial charge in [0.15, 0.2) is 0 Å². The zero-order valence-electron chi connectivity index (χ0n) is 9.87. The average Bonchev–Trinajstić information content (AvgIpc) is 2.54. The fourth-order valence-electron chi connectivity index (χ4n) is 1.79. The van der Waals surface area contributed by atoms with E-state index in [1.165, 1.54) is 16.7 Å². The standard InChI is InChI=1S/C11H12BrFN4O/c1-11(2,9(14)18)17-8-3-5(12)6(13)4-7(8)16-10(17)15/h3-4H,1-2H3,(H2,14,18)(H2,15,16). The van der Waals surface area contributed by atoms with Crippen LogP contribution in [0.1, 0.15) is 13.8 Å². The van der Waals surface area contributed by atoms with Crippen molar-refractivity contribution in [1.29, 1.82) is 0 Å². The molecule has 1 aromatic heterocycles. The number of halogens is 2. The molecule has 1 aromatic carbocycles. The minimum absolute atomic E-state index is 0.117. The van der Waals surface area contributed by atoms with Crippen LogP contribution >= 0.6 is 15.9 Å². The number of nitrogens with zero attached hydrogens (tertiary/aromatic N) is 2. The molecule has 5 nitrogen and oxygen atoms in total. The number of anilines is 1. The van der Waals surface area contributed by atoms with Gasteiger partial charge < -0.3 is 11.5 Å². The van der Waals surface area contributed by atoms with E-state index in [4.69, 9.17) is 11.5 Å². The molecule has 0 saturated carbocycles. The van der Waals surface area contributed by atoms with Crippen LogP contribution in [0.3, 0.4) is 0 Å². The van der Waals surface area contributed by atoms with Gasteiger partial charge in [0.25, 0.3) is 0 Å². The fraction of sp³-hybridized carbons (Fsp3) is 0.273. The van der Waals surface area contributed by atoms with Crippen molar-refractivity contribution < 1.29 is 9.18 Å². The lowest BCUT2D eigenvalue weighted by Gasteiger charge is -2.24. The van der Waals surface area contributed by atoms with Crippen molar-refractivity contribution in [2.45, 2.75) is 19.4 Å². The van der Waals surface area contributed by atoms with Crippen molar-refractivity contribution in [2.75, 3.05) is 5.73 Å². The molecule has 96 valence electrons. The van der Waals surface area contributed by atoms with Crippen molar-refractivity contribution in [3.63, 3.8) is 0 Å². The summed E-state index contributed by atoms with van der Waals surface area (Å²) >= 11 is 3.09. The number of fused-ring (bicyclic) bond motifs is 1. The van der Waals surface area contributed by atoms with Crippen LogP contribution in [-0.2, 0) is 10.3 Å². The van der Waals surface area contributed by atoms with Crippen molar-refractivity contribution in [3.05, 3.63) is 22.4 Å². The van der Waals surface area contributed by atoms with E-state index in [1.54, 1.807) is 13.8 Å². The predicted molar refractivity (Wildman–Crippen MR) is 70.3 cm³/mol. The maximum atomic E-state index is 13.4. The fourth-order valence-corrected chi connectivity index (χ4v) is 2.12. The monoisotopic (exact) mass is 314 g/mol. The lowest BCUT2D eigenvalue weighted by Crippen LogP contribution is -2.41. The van der Waals surface area contributed by atoms with Crippen molar-refractivity contribution >= 4 is 38.8 Å². The van der Waals surface area contributed by atoms with E-state index in [9.17, 15) is 9.18 Å². The smallest absolute Gasteiger partial charge is 0.243 e. The molecule has 0 aliphatic rings. The van der Waals surface area contributed by atoms with E-state index < -0.39 is 17.3 Å². The zero-order chi connectivity index (χ0) is 13.7. The molecule has 2 rings (SSSR count). The third kappa shape index (κ3) is 1.74. The number of aromatic nitrogens is 2. The number of hydrogen-bond acceptors (Lipinski definition) is 3. The molecular formula is C11H12BrFN4O. The third-order valence-electron chi connectivity index (χ3n) is 2.88. The summed E-state index contributed by atoms with van der Waals surface area (Å²) in [4.78, 5) is 15.5. The lowest BCUT2D eigenvalue weighted by molar-refractivity contribution is -0.124. The Balaban J connectivity index is 2.83. The maximum Gasteiger partial charge on any atom is 0.243 e. The Morgan fingerprint density at radius 1 is 1.50 bits per heavy atom. The minimum atomic E-state index is -1.05. The number of carbonyl (C=O) groups excluding carboxylic acids is 1. The van der Waals surface area contributed by atoms with Crippen LogP contribution in [0.4, 0.5) is 10.3 Å². The normalized spacial score (nSPS) is 12.0. The Hall–Kier alpha value is -1.63. The Bertz CT molecular complexity index is 650. The molecule has 1 amide bonds. The summed E-state index contributed by atoms with van der Waals surface area (Å²) in [6.45, 7) is 3.26. The number of nitrogens with two attached hydrogens (primary N) is 2. The second-order valence-electron chi connectivity index (χ2n) is 4.48.